The Morgan fingerprint density at radius 3 is 2.77 bits per heavy atom. The zero-order valence-electron chi connectivity index (χ0n) is 17.2. The van der Waals surface area contributed by atoms with Crippen LogP contribution in [0.4, 0.5) is 8.78 Å². The minimum Gasteiger partial charge on any atom is -0.465 e. The van der Waals surface area contributed by atoms with Crippen LogP contribution in [0, 0.1) is 0 Å². The maximum Gasteiger partial charge on any atom is 0.348 e. The molecule has 166 valence electrons. The van der Waals surface area contributed by atoms with Crippen LogP contribution >= 0.6 is 11.3 Å². The monoisotopic (exact) mass is 449 g/mol. The second kappa shape index (κ2) is 10.2. The standard InChI is InChI=1S/C23H25F2NO4S/c1-30-22(29)19-12-11-18(31-19)8-5-15-26-17(10-14-21(26)28)9-13-20(27)23(24,25)16-6-3-2-4-7-16/h2-4,6-7,9,11-13,17,20,27H,5,8,10,14-15H2,1H3/b13-9+/t17-,20?/m0/s1. The highest BCUT2D eigenvalue weighted by molar-refractivity contribution is 7.13. The molecule has 1 aliphatic heterocycles. The van der Waals surface area contributed by atoms with E-state index in [2.05, 4.69) is 0 Å². The molecule has 5 nitrogen and oxygen atoms in total. The van der Waals surface area contributed by atoms with Crippen LogP contribution in [0.1, 0.15) is 39.4 Å². The van der Waals surface area contributed by atoms with Crippen LogP contribution in [-0.2, 0) is 21.9 Å². The number of likely N-dealkylation sites (tertiary alicyclic amines) is 1. The summed E-state index contributed by atoms with van der Waals surface area (Å²) in [6.45, 7) is 0.477. The number of carbonyl (C=O) groups excluding carboxylic acids is 2. The average molecular weight is 450 g/mol. The Morgan fingerprint density at radius 2 is 2.06 bits per heavy atom. The van der Waals surface area contributed by atoms with Crippen molar-refractivity contribution in [1.29, 1.82) is 0 Å². The molecule has 0 radical (unpaired) electrons. The molecular formula is C23H25F2NO4S. The lowest BCUT2D eigenvalue weighted by atomic mass is 10.0. The maximum atomic E-state index is 14.5. The topological polar surface area (TPSA) is 66.8 Å². The molecule has 0 aliphatic carbocycles. The second-order valence-corrected chi connectivity index (χ2v) is 8.54. The fourth-order valence-electron chi connectivity index (χ4n) is 3.58. The number of benzene rings is 1. The summed E-state index contributed by atoms with van der Waals surface area (Å²) in [5.41, 5.74) is -0.256. The molecule has 2 aromatic rings. The van der Waals surface area contributed by atoms with Gasteiger partial charge in [0.2, 0.25) is 5.91 Å². The fourth-order valence-corrected chi connectivity index (χ4v) is 4.55. The molecule has 1 saturated heterocycles. The van der Waals surface area contributed by atoms with Gasteiger partial charge in [0.05, 0.1) is 13.2 Å². The van der Waals surface area contributed by atoms with Gasteiger partial charge in [-0.2, -0.15) is 8.78 Å². The predicted molar refractivity (Wildman–Crippen MR) is 114 cm³/mol. The lowest BCUT2D eigenvalue weighted by molar-refractivity contribution is -0.128. The Hall–Kier alpha value is -2.58. The van der Waals surface area contributed by atoms with E-state index in [4.69, 9.17) is 4.74 Å². The van der Waals surface area contributed by atoms with E-state index in [0.717, 1.165) is 11.0 Å². The molecule has 0 saturated carbocycles. The van der Waals surface area contributed by atoms with Crippen molar-refractivity contribution >= 4 is 23.2 Å². The largest absolute Gasteiger partial charge is 0.465 e. The van der Waals surface area contributed by atoms with E-state index in [-0.39, 0.29) is 23.5 Å². The number of aliphatic hydroxyl groups excluding tert-OH is 1. The zero-order valence-corrected chi connectivity index (χ0v) is 18.0. The molecule has 1 N–H and O–H groups in total. The van der Waals surface area contributed by atoms with Gasteiger partial charge in [0, 0.05) is 23.4 Å². The van der Waals surface area contributed by atoms with E-state index in [9.17, 15) is 23.5 Å². The quantitative estimate of drug-likeness (QED) is 0.461. The highest BCUT2D eigenvalue weighted by Crippen LogP contribution is 2.33. The first-order chi connectivity index (χ1) is 14.8. The number of halogens is 2. The SMILES string of the molecule is COC(=O)c1ccc(CCCN2C(=O)CC[C@@H]2/C=C/C(O)C(F)(F)c2ccccc2)s1. The van der Waals surface area contributed by atoms with Gasteiger partial charge in [-0.25, -0.2) is 4.79 Å². The third-order valence-corrected chi connectivity index (χ3v) is 6.42. The number of carbonyl (C=O) groups is 2. The molecule has 0 spiro atoms. The summed E-state index contributed by atoms with van der Waals surface area (Å²) < 4.78 is 33.6. The summed E-state index contributed by atoms with van der Waals surface area (Å²) in [4.78, 5) is 27.0. The number of rotatable bonds is 9. The summed E-state index contributed by atoms with van der Waals surface area (Å²) in [7, 11) is 1.33. The predicted octanol–water partition coefficient (Wildman–Crippen LogP) is 4.17. The van der Waals surface area contributed by atoms with Crippen LogP contribution in [-0.4, -0.2) is 47.7 Å². The zero-order chi connectivity index (χ0) is 22.4. The molecule has 1 aromatic heterocycles. The van der Waals surface area contributed by atoms with Gasteiger partial charge in [0.25, 0.3) is 0 Å². The third-order valence-electron chi connectivity index (χ3n) is 5.29. The molecule has 3 rings (SSSR count). The molecule has 1 aliphatic rings. The summed E-state index contributed by atoms with van der Waals surface area (Å²) in [5, 5.41) is 10.1. The Balaban J connectivity index is 1.57. The minimum atomic E-state index is -3.41. The van der Waals surface area contributed by atoms with Crippen LogP contribution in [0.5, 0.6) is 0 Å². The molecule has 1 unspecified atom stereocenters. The number of aryl methyl sites for hydroxylation is 1. The van der Waals surface area contributed by atoms with Gasteiger partial charge in [0.1, 0.15) is 11.0 Å². The van der Waals surface area contributed by atoms with Crippen molar-refractivity contribution in [2.45, 2.75) is 43.8 Å². The Bertz CT molecular complexity index is 929. The maximum absolute atomic E-state index is 14.5. The van der Waals surface area contributed by atoms with Crippen molar-refractivity contribution in [3.8, 4) is 0 Å². The number of thiophene rings is 1. The summed E-state index contributed by atoms with van der Waals surface area (Å²) >= 11 is 1.36. The van der Waals surface area contributed by atoms with E-state index in [1.165, 1.54) is 48.8 Å². The van der Waals surface area contributed by atoms with Crippen LogP contribution in [0.3, 0.4) is 0 Å². The Labute approximate surface area is 183 Å². The smallest absolute Gasteiger partial charge is 0.348 e. The first kappa shape index (κ1) is 23.1. The number of methoxy groups -OCH3 is 1. The first-order valence-corrected chi connectivity index (χ1v) is 10.9. The molecule has 1 amide bonds. The van der Waals surface area contributed by atoms with Crippen molar-refractivity contribution in [2.24, 2.45) is 0 Å². The van der Waals surface area contributed by atoms with Crippen molar-refractivity contribution in [3.05, 3.63) is 69.9 Å². The summed E-state index contributed by atoms with van der Waals surface area (Å²) in [5.74, 6) is -3.82. The highest BCUT2D eigenvalue weighted by Gasteiger charge is 2.39. The molecule has 31 heavy (non-hydrogen) atoms. The van der Waals surface area contributed by atoms with Gasteiger partial charge < -0.3 is 14.7 Å². The molecule has 1 fully saturated rings. The third kappa shape index (κ3) is 5.57. The van der Waals surface area contributed by atoms with Crippen molar-refractivity contribution in [3.63, 3.8) is 0 Å². The van der Waals surface area contributed by atoms with Crippen molar-refractivity contribution in [2.75, 3.05) is 13.7 Å². The van der Waals surface area contributed by atoms with E-state index >= 15 is 0 Å². The number of esters is 1. The lowest BCUT2D eigenvalue weighted by Gasteiger charge is -2.24. The number of amides is 1. The van der Waals surface area contributed by atoms with E-state index < -0.39 is 12.0 Å². The van der Waals surface area contributed by atoms with Crippen molar-refractivity contribution < 1.29 is 28.2 Å². The average Bonchev–Trinajstić information content (AvgIpc) is 3.39. The molecule has 8 heteroatoms. The van der Waals surface area contributed by atoms with Crippen LogP contribution < -0.4 is 0 Å². The highest BCUT2D eigenvalue weighted by atomic mass is 32.1. The molecule has 0 bridgehead atoms. The number of ether oxygens (including phenoxy) is 1. The second-order valence-electron chi connectivity index (χ2n) is 7.37. The summed E-state index contributed by atoms with van der Waals surface area (Å²) in [6, 6.07) is 10.4. The van der Waals surface area contributed by atoms with E-state index in [1.807, 2.05) is 6.07 Å². The molecule has 1 aromatic carbocycles. The number of aliphatic hydroxyl groups is 1. The van der Waals surface area contributed by atoms with Gasteiger partial charge >= 0.3 is 11.9 Å². The Morgan fingerprint density at radius 1 is 1.32 bits per heavy atom. The normalized spacial score (nSPS) is 18.0. The number of hydrogen-bond donors (Lipinski definition) is 1. The van der Waals surface area contributed by atoms with Crippen LogP contribution in [0.2, 0.25) is 0 Å². The molecule has 2 heterocycles. The van der Waals surface area contributed by atoms with Gasteiger partial charge in [-0.3, -0.25) is 4.79 Å². The van der Waals surface area contributed by atoms with E-state index in [1.54, 1.807) is 17.0 Å². The number of nitrogens with zero attached hydrogens (tertiary/aromatic N) is 1. The van der Waals surface area contributed by atoms with E-state index in [0.29, 0.717) is 37.1 Å². The van der Waals surface area contributed by atoms with Crippen LogP contribution in [0.25, 0.3) is 0 Å². The fraction of sp³-hybridized carbons (Fsp3) is 0.391. The molecular weight excluding hydrogens is 424 g/mol. The van der Waals surface area contributed by atoms with Crippen molar-refractivity contribution in [1.82, 2.24) is 4.90 Å². The summed E-state index contributed by atoms with van der Waals surface area (Å²) in [6.07, 6.45) is 2.88. The number of hydrogen-bond acceptors (Lipinski definition) is 5. The number of alkyl halides is 2. The van der Waals surface area contributed by atoms with Gasteiger partial charge in [-0.1, -0.05) is 42.5 Å². The molecule has 2 atom stereocenters. The Kier molecular flexibility index (Phi) is 7.56. The van der Waals surface area contributed by atoms with Crippen LogP contribution in [0.15, 0.2) is 54.6 Å². The van der Waals surface area contributed by atoms with Gasteiger partial charge in [0.15, 0.2) is 0 Å². The van der Waals surface area contributed by atoms with Gasteiger partial charge in [-0.05, 0) is 31.4 Å². The lowest BCUT2D eigenvalue weighted by Crippen LogP contribution is -2.34. The minimum absolute atomic E-state index is 0.0274. The van der Waals surface area contributed by atoms with Gasteiger partial charge in [-0.15, -0.1) is 11.3 Å². The first-order valence-electron chi connectivity index (χ1n) is 10.1.